The van der Waals surface area contributed by atoms with Crippen molar-refractivity contribution in [3.05, 3.63) is 52.3 Å². The van der Waals surface area contributed by atoms with E-state index in [0.717, 1.165) is 12.3 Å². The van der Waals surface area contributed by atoms with Crippen molar-refractivity contribution in [2.75, 3.05) is 13.1 Å². The number of hydrogen-bond donors (Lipinski definition) is 3. The molecule has 156 valence electrons. The number of hydrogen-bond acceptors (Lipinski definition) is 6. The lowest BCUT2D eigenvalue weighted by atomic mass is 9.82. The summed E-state index contributed by atoms with van der Waals surface area (Å²) in [5, 5.41) is 13.4. The smallest absolute Gasteiger partial charge is 0.317 e. The number of piperidine rings is 1. The molecule has 0 bridgehead atoms. The third-order valence-electron chi connectivity index (χ3n) is 5.81. The molecule has 5 N–H and O–H groups in total. The van der Waals surface area contributed by atoms with Gasteiger partial charge in [0.05, 0.1) is 6.20 Å². The highest BCUT2D eigenvalue weighted by Gasteiger charge is 2.74. The van der Waals surface area contributed by atoms with Crippen molar-refractivity contribution >= 4 is 17.6 Å². The van der Waals surface area contributed by atoms with Crippen LogP contribution in [0.5, 0.6) is 6.01 Å². The SMILES string of the molecule is N.O=C(O)C1(c2nc(OCc3ccc(Cl)cc3F)ncc2F)CC12CCNCC2. The minimum Gasteiger partial charge on any atom is -0.481 e. The van der Waals surface area contributed by atoms with Crippen molar-refractivity contribution in [3.8, 4) is 6.01 Å². The van der Waals surface area contributed by atoms with Crippen molar-refractivity contribution in [1.29, 1.82) is 0 Å². The highest BCUT2D eigenvalue weighted by molar-refractivity contribution is 6.30. The van der Waals surface area contributed by atoms with E-state index in [1.807, 2.05) is 0 Å². The Bertz CT molecular complexity index is 940. The molecule has 1 saturated heterocycles. The summed E-state index contributed by atoms with van der Waals surface area (Å²) in [4.78, 5) is 20.0. The first-order valence-corrected chi connectivity index (χ1v) is 9.30. The van der Waals surface area contributed by atoms with E-state index >= 15 is 0 Å². The molecule has 2 fully saturated rings. The molecular weight excluding hydrogens is 406 g/mol. The first-order chi connectivity index (χ1) is 13.4. The van der Waals surface area contributed by atoms with Crippen LogP contribution in [0, 0.1) is 17.0 Å². The maximum Gasteiger partial charge on any atom is 0.317 e. The van der Waals surface area contributed by atoms with Crippen LogP contribution in [0.25, 0.3) is 0 Å². The maximum atomic E-state index is 14.5. The van der Waals surface area contributed by atoms with Gasteiger partial charge < -0.3 is 21.3 Å². The van der Waals surface area contributed by atoms with Crippen LogP contribution in [0.15, 0.2) is 24.4 Å². The first kappa shape index (κ1) is 21.4. The number of rotatable bonds is 5. The summed E-state index contributed by atoms with van der Waals surface area (Å²) in [5.74, 6) is -2.42. The van der Waals surface area contributed by atoms with Gasteiger partial charge in [-0.3, -0.25) is 4.79 Å². The van der Waals surface area contributed by atoms with E-state index in [4.69, 9.17) is 16.3 Å². The number of nitrogens with one attached hydrogen (secondary N) is 1. The number of carboxylic acid groups (broad SMARTS) is 1. The second kappa shape index (κ2) is 7.81. The minimum absolute atomic E-state index is 0. The molecule has 0 radical (unpaired) electrons. The van der Waals surface area contributed by atoms with Crippen molar-refractivity contribution in [3.63, 3.8) is 0 Å². The van der Waals surface area contributed by atoms with E-state index in [0.29, 0.717) is 32.4 Å². The van der Waals surface area contributed by atoms with E-state index in [2.05, 4.69) is 15.3 Å². The number of halogens is 3. The van der Waals surface area contributed by atoms with E-state index < -0.39 is 28.4 Å². The largest absolute Gasteiger partial charge is 0.481 e. The highest BCUT2D eigenvalue weighted by Crippen LogP contribution is 2.69. The Hall–Kier alpha value is -2.36. The van der Waals surface area contributed by atoms with Crippen molar-refractivity contribution in [1.82, 2.24) is 21.4 Å². The fourth-order valence-corrected chi connectivity index (χ4v) is 4.37. The minimum atomic E-state index is -1.38. The molecule has 1 aliphatic carbocycles. The van der Waals surface area contributed by atoms with E-state index in [9.17, 15) is 18.7 Å². The highest BCUT2D eigenvalue weighted by atomic mass is 35.5. The number of ether oxygens (including phenoxy) is 1. The summed E-state index contributed by atoms with van der Waals surface area (Å²) in [6.07, 6.45) is 2.51. The van der Waals surface area contributed by atoms with Gasteiger partial charge in [0.25, 0.3) is 0 Å². The maximum absolute atomic E-state index is 14.5. The average molecular weight is 427 g/mol. The molecule has 0 amide bonds. The zero-order valence-corrected chi connectivity index (χ0v) is 16.3. The number of aromatic nitrogens is 2. The van der Waals surface area contributed by atoms with E-state index in [1.54, 1.807) is 0 Å². The van der Waals surface area contributed by atoms with Crippen LogP contribution in [0.2, 0.25) is 5.02 Å². The number of benzene rings is 1. The van der Waals surface area contributed by atoms with Gasteiger partial charge in [0.15, 0.2) is 5.82 Å². The van der Waals surface area contributed by atoms with Crippen LogP contribution in [0.1, 0.15) is 30.5 Å². The predicted octanol–water partition coefficient (Wildman–Crippen LogP) is 3.25. The Balaban J connectivity index is 0.00000240. The van der Waals surface area contributed by atoms with Gasteiger partial charge in [-0.25, -0.2) is 13.8 Å². The lowest BCUT2D eigenvalue weighted by Crippen LogP contribution is -2.37. The van der Waals surface area contributed by atoms with Crippen LogP contribution in [-0.2, 0) is 16.8 Å². The fraction of sp³-hybridized carbons (Fsp3) is 0.421. The molecule has 29 heavy (non-hydrogen) atoms. The molecule has 1 unspecified atom stereocenters. The Morgan fingerprint density at radius 3 is 2.66 bits per heavy atom. The second-order valence-corrected chi connectivity index (χ2v) is 7.73. The second-order valence-electron chi connectivity index (χ2n) is 7.29. The molecule has 1 aliphatic heterocycles. The molecule has 7 nitrogen and oxygen atoms in total. The van der Waals surface area contributed by atoms with Crippen molar-refractivity contribution in [2.45, 2.75) is 31.3 Å². The van der Waals surface area contributed by atoms with Gasteiger partial charge >= 0.3 is 12.0 Å². The Labute approximate surface area is 171 Å². The molecule has 1 aromatic heterocycles. The topological polar surface area (TPSA) is 119 Å². The third kappa shape index (κ3) is 3.54. The van der Waals surface area contributed by atoms with Gasteiger partial charge in [0.2, 0.25) is 0 Å². The molecule has 1 spiro atoms. The van der Waals surface area contributed by atoms with Crippen LogP contribution < -0.4 is 16.2 Å². The third-order valence-corrected chi connectivity index (χ3v) is 6.04. The molecule has 1 atom stereocenters. The average Bonchev–Trinajstić information content (AvgIpc) is 3.31. The molecular formula is C19H21ClF2N4O3. The van der Waals surface area contributed by atoms with Crippen molar-refractivity contribution < 1.29 is 23.4 Å². The monoisotopic (exact) mass is 426 g/mol. The van der Waals surface area contributed by atoms with Crippen LogP contribution in [0.3, 0.4) is 0 Å². The molecule has 2 aliphatic rings. The number of carbonyl (C=O) groups is 1. The Morgan fingerprint density at radius 2 is 2.00 bits per heavy atom. The summed E-state index contributed by atoms with van der Waals surface area (Å²) >= 11 is 5.72. The summed E-state index contributed by atoms with van der Waals surface area (Å²) in [6.45, 7) is 1.17. The standard InChI is InChI=1S/C19H18ClF2N3O3.H3N/c20-12-2-1-11(13(21)7-12)9-28-17-24-8-14(22)15(25-17)19(16(26)27)10-18(19)3-5-23-6-4-18;/h1-2,7-8,23H,3-6,9-10H2,(H,26,27);1H3. The van der Waals surface area contributed by atoms with Gasteiger partial charge in [-0.2, -0.15) is 4.98 Å². The van der Waals surface area contributed by atoms with Gasteiger partial charge in [-0.15, -0.1) is 0 Å². The molecule has 4 rings (SSSR count). The van der Waals surface area contributed by atoms with Gasteiger partial charge in [-0.05, 0) is 49.9 Å². The summed E-state index contributed by atoms with van der Waals surface area (Å²) in [6, 6.07) is 3.94. The molecule has 1 saturated carbocycles. The predicted molar refractivity (Wildman–Crippen MR) is 101 cm³/mol. The molecule has 2 aromatic rings. The van der Waals surface area contributed by atoms with Gasteiger partial charge in [0.1, 0.15) is 23.5 Å². The van der Waals surface area contributed by atoms with Gasteiger partial charge in [-0.1, -0.05) is 17.7 Å². The lowest BCUT2D eigenvalue weighted by molar-refractivity contribution is -0.141. The van der Waals surface area contributed by atoms with Crippen LogP contribution >= 0.6 is 11.6 Å². The molecule has 1 aromatic carbocycles. The fourth-order valence-electron chi connectivity index (χ4n) is 4.21. The van der Waals surface area contributed by atoms with Gasteiger partial charge in [0, 0.05) is 10.6 Å². The number of carboxylic acids is 1. The number of nitrogens with zero attached hydrogens (tertiary/aromatic N) is 2. The van der Waals surface area contributed by atoms with Crippen LogP contribution in [0.4, 0.5) is 8.78 Å². The Kier molecular flexibility index (Phi) is 5.75. The van der Waals surface area contributed by atoms with Crippen molar-refractivity contribution in [2.24, 2.45) is 5.41 Å². The van der Waals surface area contributed by atoms with E-state index in [1.165, 1.54) is 12.1 Å². The van der Waals surface area contributed by atoms with Crippen LogP contribution in [-0.4, -0.2) is 34.1 Å². The van der Waals surface area contributed by atoms with E-state index in [-0.39, 0.29) is 35.0 Å². The summed E-state index contributed by atoms with van der Waals surface area (Å²) in [5.41, 5.74) is -1.83. The first-order valence-electron chi connectivity index (χ1n) is 8.92. The lowest BCUT2D eigenvalue weighted by Gasteiger charge is -2.27. The zero-order chi connectivity index (χ0) is 19.9. The summed E-state index contributed by atoms with van der Waals surface area (Å²) < 4.78 is 33.8. The molecule has 10 heteroatoms. The molecule has 2 heterocycles. The normalized spacial score (nSPS) is 22.0. The Morgan fingerprint density at radius 1 is 1.28 bits per heavy atom. The number of aliphatic carboxylic acids is 1. The summed E-state index contributed by atoms with van der Waals surface area (Å²) in [7, 11) is 0. The quantitative estimate of drug-likeness (QED) is 0.671. The zero-order valence-electron chi connectivity index (χ0n) is 15.6.